The molecule has 0 amide bonds. The molecule has 1 N–H and O–H groups in total. The van der Waals surface area contributed by atoms with E-state index in [1.807, 2.05) is 39.9 Å². The van der Waals surface area contributed by atoms with Crippen molar-refractivity contribution in [1.82, 2.24) is 39.4 Å². The van der Waals surface area contributed by atoms with E-state index in [1.54, 1.807) is 6.20 Å². The summed E-state index contributed by atoms with van der Waals surface area (Å²) in [6.45, 7) is 6.23. The topological polar surface area (TPSA) is 85.8 Å². The largest absolute Gasteiger partial charge is 0.337 e. The van der Waals surface area contributed by atoms with E-state index in [1.165, 1.54) is 43.4 Å². The molecule has 42 heavy (non-hydrogen) atoms. The summed E-state index contributed by atoms with van der Waals surface area (Å²) in [5.74, 6) is 0.895. The standard InChI is InChI=1S/C34H34N8/c1-3-41-20-30(37-21-41)29-9-8-27-26(12-15-35-33(27)39-29)31-19-36-32-16-28(22(2)40-42(31)32)25-6-4-23(5-7-25)17-34-13-10-24(11-14-34)18-38-34/h4-9,12,15-16,19-21,24,38H,3,10-11,13-14,17-18H2,1-2H3. The highest BCUT2D eigenvalue weighted by molar-refractivity contribution is 5.93. The van der Waals surface area contributed by atoms with Crippen molar-refractivity contribution in [1.29, 1.82) is 0 Å². The van der Waals surface area contributed by atoms with Crippen LogP contribution >= 0.6 is 0 Å². The number of nitrogens with one attached hydrogen (secondary N) is 1. The summed E-state index contributed by atoms with van der Waals surface area (Å²) in [6, 6.07) is 17.3. The molecule has 8 heteroatoms. The molecular formula is C34H34N8. The van der Waals surface area contributed by atoms with Gasteiger partial charge in [0.05, 0.1) is 29.6 Å². The van der Waals surface area contributed by atoms with Crippen LogP contribution in [0.1, 0.15) is 43.9 Å². The Kier molecular flexibility index (Phi) is 5.93. The third kappa shape index (κ3) is 4.29. The molecule has 9 rings (SSSR count). The number of nitrogens with zero attached hydrogens (tertiary/aromatic N) is 7. The second kappa shape index (κ2) is 9.84. The highest BCUT2D eigenvalue weighted by Crippen LogP contribution is 2.39. The molecule has 0 spiro atoms. The fourth-order valence-electron chi connectivity index (χ4n) is 6.94. The van der Waals surface area contributed by atoms with Crippen molar-refractivity contribution in [3.63, 3.8) is 0 Å². The lowest BCUT2D eigenvalue weighted by molar-refractivity contribution is 0.118. The first kappa shape index (κ1) is 25.3. The highest BCUT2D eigenvalue weighted by atomic mass is 15.3. The van der Waals surface area contributed by atoms with Gasteiger partial charge in [-0.1, -0.05) is 24.3 Å². The lowest BCUT2D eigenvalue weighted by atomic mass is 9.69. The van der Waals surface area contributed by atoms with Gasteiger partial charge in [-0.15, -0.1) is 0 Å². The molecule has 210 valence electrons. The average Bonchev–Trinajstić information content (AvgIpc) is 3.68. The van der Waals surface area contributed by atoms with E-state index in [2.05, 4.69) is 65.5 Å². The minimum absolute atomic E-state index is 0.297. The Balaban J connectivity index is 1.10. The normalized spacial score (nSPS) is 20.1. The summed E-state index contributed by atoms with van der Waals surface area (Å²) in [5, 5.41) is 9.83. The van der Waals surface area contributed by atoms with Gasteiger partial charge in [-0.2, -0.15) is 5.10 Å². The van der Waals surface area contributed by atoms with Crippen molar-refractivity contribution < 1.29 is 0 Å². The van der Waals surface area contributed by atoms with Crippen LogP contribution in [0.4, 0.5) is 0 Å². The Hall–Kier alpha value is -4.43. The zero-order valence-corrected chi connectivity index (χ0v) is 24.1. The SMILES string of the molecule is CCn1cnc(-c2ccc3c(-c4cnc5cc(-c6ccc(CC78CCC(CC7)CN8)cc6)c(C)nn45)ccnc3n2)c1. The highest BCUT2D eigenvalue weighted by Gasteiger charge is 2.39. The van der Waals surface area contributed by atoms with E-state index in [0.29, 0.717) is 11.2 Å². The van der Waals surface area contributed by atoms with Gasteiger partial charge in [0, 0.05) is 41.0 Å². The summed E-state index contributed by atoms with van der Waals surface area (Å²) in [5.41, 5.74) is 10.0. The van der Waals surface area contributed by atoms with Gasteiger partial charge >= 0.3 is 0 Å². The first-order valence-corrected chi connectivity index (χ1v) is 15.1. The van der Waals surface area contributed by atoms with Crippen molar-refractivity contribution in [3.05, 3.63) is 84.7 Å². The van der Waals surface area contributed by atoms with Gasteiger partial charge in [-0.25, -0.2) is 24.5 Å². The molecule has 6 aromatic rings. The Labute approximate surface area is 244 Å². The molecule has 2 saturated heterocycles. The maximum atomic E-state index is 5.01. The number of fused-ring (bicyclic) bond motifs is 5. The van der Waals surface area contributed by atoms with Crippen LogP contribution in [0, 0.1) is 12.8 Å². The van der Waals surface area contributed by atoms with Gasteiger partial charge in [-0.3, -0.25) is 0 Å². The van der Waals surface area contributed by atoms with Crippen LogP contribution < -0.4 is 5.32 Å². The Morgan fingerprint density at radius 1 is 0.952 bits per heavy atom. The van der Waals surface area contributed by atoms with Gasteiger partial charge in [0.1, 0.15) is 5.69 Å². The number of imidazole rings is 2. The van der Waals surface area contributed by atoms with Crippen LogP contribution in [0.25, 0.3) is 50.5 Å². The Bertz CT molecular complexity index is 1910. The van der Waals surface area contributed by atoms with Crippen LogP contribution in [0.15, 0.2) is 73.4 Å². The molecule has 2 bridgehead atoms. The quantitative estimate of drug-likeness (QED) is 0.261. The van der Waals surface area contributed by atoms with Gasteiger partial charge in [-0.05, 0) is 93.8 Å². The fraction of sp³-hybridized carbons (Fsp3) is 0.324. The van der Waals surface area contributed by atoms with Crippen LogP contribution in [-0.2, 0) is 13.0 Å². The zero-order chi connectivity index (χ0) is 28.3. The number of benzene rings is 1. The van der Waals surface area contributed by atoms with Crippen LogP contribution in [0.3, 0.4) is 0 Å². The molecule has 0 radical (unpaired) electrons. The lowest BCUT2D eigenvalue weighted by Crippen LogP contribution is -2.56. The van der Waals surface area contributed by atoms with Crippen molar-refractivity contribution >= 4 is 16.7 Å². The third-order valence-electron chi connectivity index (χ3n) is 9.45. The molecule has 1 aromatic carbocycles. The molecule has 0 unspecified atom stereocenters. The molecule has 8 nitrogen and oxygen atoms in total. The van der Waals surface area contributed by atoms with Gasteiger partial charge in [0.15, 0.2) is 11.3 Å². The molecule has 1 saturated carbocycles. The predicted molar refractivity (Wildman–Crippen MR) is 165 cm³/mol. The molecule has 3 aliphatic rings. The summed E-state index contributed by atoms with van der Waals surface area (Å²) < 4.78 is 3.97. The molecule has 2 aliphatic heterocycles. The van der Waals surface area contributed by atoms with E-state index >= 15 is 0 Å². The summed E-state index contributed by atoms with van der Waals surface area (Å²) in [6.07, 6.45) is 14.0. The molecular weight excluding hydrogens is 520 g/mol. The second-order valence-corrected chi connectivity index (χ2v) is 12.1. The average molecular weight is 555 g/mol. The zero-order valence-electron chi connectivity index (χ0n) is 24.1. The number of aromatic nitrogens is 7. The molecule has 5 aromatic heterocycles. The molecule has 7 heterocycles. The van der Waals surface area contributed by atoms with Gasteiger partial charge in [0.25, 0.3) is 0 Å². The van der Waals surface area contributed by atoms with Gasteiger partial charge in [0.2, 0.25) is 0 Å². The molecule has 0 atom stereocenters. The Morgan fingerprint density at radius 3 is 2.57 bits per heavy atom. The Morgan fingerprint density at radius 2 is 1.81 bits per heavy atom. The monoisotopic (exact) mass is 554 g/mol. The summed E-state index contributed by atoms with van der Waals surface area (Å²) in [4.78, 5) is 18.7. The van der Waals surface area contributed by atoms with E-state index in [9.17, 15) is 0 Å². The number of aryl methyl sites for hydroxylation is 2. The van der Waals surface area contributed by atoms with Crippen LogP contribution in [0.2, 0.25) is 0 Å². The van der Waals surface area contributed by atoms with E-state index in [0.717, 1.165) is 63.8 Å². The fourth-order valence-corrected chi connectivity index (χ4v) is 6.94. The van der Waals surface area contributed by atoms with Crippen molar-refractivity contribution in [2.45, 2.75) is 58.0 Å². The number of hydrogen-bond acceptors (Lipinski definition) is 6. The summed E-state index contributed by atoms with van der Waals surface area (Å²) in [7, 11) is 0. The maximum Gasteiger partial charge on any atom is 0.160 e. The maximum absolute atomic E-state index is 5.01. The first-order chi connectivity index (χ1) is 20.6. The van der Waals surface area contributed by atoms with Crippen LogP contribution in [0.5, 0.6) is 0 Å². The molecule has 1 aliphatic carbocycles. The smallest absolute Gasteiger partial charge is 0.160 e. The van der Waals surface area contributed by atoms with Gasteiger partial charge < -0.3 is 9.88 Å². The minimum atomic E-state index is 0.297. The van der Waals surface area contributed by atoms with Crippen LogP contribution in [-0.4, -0.2) is 46.2 Å². The lowest BCUT2D eigenvalue weighted by Gasteiger charge is -2.47. The number of pyridine rings is 2. The molecule has 3 fully saturated rings. The predicted octanol–water partition coefficient (Wildman–Crippen LogP) is 6.27. The van der Waals surface area contributed by atoms with Crippen molar-refractivity contribution in [2.24, 2.45) is 5.92 Å². The van der Waals surface area contributed by atoms with Crippen molar-refractivity contribution in [3.8, 4) is 33.8 Å². The number of rotatable bonds is 6. The number of piperidine rings is 2. The van der Waals surface area contributed by atoms with E-state index < -0.39 is 0 Å². The van der Waals surface area contributed by atoms with Crippen molar-refractivity contribution in [2.75, 3.05) is 6.54 Å². The minimum Gasteiger partial charge on any atom is -0.337 e. The van der Waals surface area contributed by atoms with E-state index in [-0.39, 0.29) is 0 Å². The first-order valence-electron chi connectivity index (χ1n) is 15.1. The third-order valence-corrected chi connectivity index (χ3v) is 9.45. The van der Waals surface area contributed by atoms with E-state index in [4.69, 9.17) is 15.1 Å². The number of hydrogen-bond donors (Lipinski definition) is 1. The second-order valence-electron chi connectivity index (χ2n) is 12.1. The summed E-state index contributed by atoms with van der Waals surface area (Å²) >= 11 is 0.